The first-order valence-electron chi connectivity index (χ1n) is 8.14. The molecule has 9 heteroatoms. The Bertz CT molecular complexity index is 778. The van der Waals surface area contributed by atoms with E-state index in [9.17, 15) is 4.79 Å². The average molecular weight is 414 g/mol. The SMILES string of the molecule is CCc1cnc(CNC(=NC)NCCNC(=O)c2ccc(Cl)c(Cl)c2)s1. The van der Waals surface area contributed by atoms with Crippen molar-refractivity contribution in [3.05, 3.63) is 49.9 Å². The Hall–Kier alpha value is -1.83. The second kappa shape index (κ2) is 10.4. The van der Waals surface area contributed by atoms with E-state index >= 15 is 0 Å². The highest BCUT2D eigenvalue weighted by molar-refractivity contribution is 7.11. The number of aryl methyl sites for hydroxylation is 1. The quantitative estimate of drug-likeness (QED) is 0.370. The van der Waals surface area contributed by atoms with E-state index in [4.69, 9.17) is 23.2 Å². The van der Waals surface area contributed by atoms with Gasteiger partial charge in [-0.1, -0.05) is 30.1 Å². The number of thiazole rings is 1. The van der Waals surface area contributed by atoms with Crippen LogP contribution in [-0.4, -0.2) is 37.0 Å². The van der Waals surface area contributed by atoms with Crippen molar-refractivity contribution in [3.8, 4) is 0 Å². The van der Waals surface area contributed by atoms with Crippen LogP contribution in [0.3, 0.4) is 0 Å². The minimum atomic E-state index is -0.205. The topological polar surface area (TPSA) is 78.4 Å². The van der Waals surface area contributed by atoms with Crippen molar-refractivity contribution in [2.24, 2.45) is 4.99 Å². The molecule has 1 aromatic heterocycles. The van der Waals surface area contributed by atoms with Crippen molar-refractivity contribution in [3.63, 3.8) is 0 Å². The minimum absolute atomic E-state index is 0.205. The van der Waals surface area contributed by atoms with Crippen LogP contribution in [0, 0.1) is 0 Å². The molecule has 0 fully saturated rings. The smallest absolute Gasteiger partial charge is 0.251 e. The molecule has 0 spiro atoms. The van der Waals surface area contributed by atoms with Gasteiger partial charge in [-0.05, 0) is 24.6 Å². The van der Waals surface area contributed by atoms with Crippen LogP contribution >= 0.6 is 34.5 Å². The van der Waals surface area contributed by atoms with Gasteiger partial charge in [0.25, 0.3) is 5.91 Å². The summed E-state index contributed by atoms with van der Waals surface area (Å²) in [7, 11) is 1.70. The number of carbonyl (C=O) groups is 1. The zero-order valence-corrected chi connectivity index (χ0v) is 16.9. The largest absolute Gasteiger partial charge is 0.355 e. The first kappa shape index (κ1) is 20.5. The molecule has 26 heavy (non-hydrogen) atoms. The van der Waals surface area contributed by atoms with Crippen molar-refractivity contribution < 1.29 is 4.79 Å². The molecule has 2 aromatic rings. The predicted molar refractivity (Wildman–Crippen MR) is 108 cm³/mol. The molecule has 0 aliphatic carbocycles. The zero-order valence-electron chi connectivity index (χ0n) is 14.6. The van der Waals surface area contributed by atoms with Gasteiger partial charge in [-0.2, -0.15) is 0 Å². The van der Waals surface area contributed by atoms with E-state index in [1.165, 1.54) is 4.88 Å². The lowest BCUT2D eigenvalue weighted by Gasteiger charge is -2.11. The van der Waals surface area contributed by atoms with Gasteiger partial charge >= 0.3 is 0 Å². The molecule has 0 atom stereocenters. The number of aromatic nitrogens is 1. The fourth-order valence-electron chi connectivity index (χ4n) is 2.07. The zero-order chi connectivity index (χ0) is 18.9. The summed E-state index contributed by atoms with van der Waals surface area (Å²) in [6.45, 7) is 3.69. The van der Waals surface area contributed by atoms with Crippen LogP contribution in [0.15, 0.2) is 29.4 Å². The summed E-state index contributed by atoms with van der Waals surface area (Å²) in [5, 5.41) is 10.9. The highest BCUT2D eigenvalue weighted by Crippen LogP contribution is 2.22. The van der Waals surface area contributed by atoms with Crippen LogP contribution in [-0.2, 0) is 13.0 Å². The van der Waals surface area contributed by atoms with Crippen molar-refractivity contribution in [1.82, 2.24) is 20.9 Å². The van der Waals surface area contributed by atoms with Gasteiger partial charge in [0.05, 0.1) is 16.6 Å². The Morgan fingerprint density at radius 1 is 1.19 bits per heavy atom. The lowest BCUT2D eigenvalue weighted by molar-refractivity contribution is 0.0954. The number of benzene rings is 1. The molecule has 2 rings (SSSR count). The highest BCUT2D eigenvalue weighted by Gasteiger charge is 2.08. The molecule has 0 aliphatic heterocycles. The van der Waals surface area contributed by atoms with Crippen LogP contribution in [0.5, 0.6) is 0 Å². The maximum atomic E-state index is 12.1. The van der Waals surface area contributed by atoms with Gasteiger partial charge in [0.1, 0.15) is 5.01 Å². The van der Waals surface area contributed by atoms with E-state index in [2.05, 4.69) is 32.9 Å². The van der Waals surface area contributed by atoms with Gasteiger partial charge < -0.3 is 16.0 Å². The van der Waals surface area contributed by atoms with Gasteiger partial charge in [-0.3, -0.25) is 9.79 Å². The van der Waals surface area contributed by atoms with Crippen LogP contribution in [0.25, 0.3) is 0 Å². The highest BCUT2D eigenvalue weighted by atomic mass is 35.5. The Kier molecular flexibility index (Phi) is 8.15. The van der Waals surface area contributed by atoms with E-state index in [1.807, 2.05) is 6.20 Å². The van der Waals surface area contributed by atoms with Gasteiger partial charge in [-0.25, -0.2) is 4.98 Å². The summed E-state index contributed by atoms with van der Waals surface area (Å²) in [6, 6.07) is 4.78. The van der Waals surface area contributed by atoms with Crippen molar-refractivity contribution in [2.45, 2.75) is 19.9 Å². The number of hydrogen-bond acceptors (Lipinski definition) is 4. The summed E-state index contributed by atoms with van der Waals surface area (Å²) < 4.78 is 0. The fraction of sp³-hybridized carbons (Fsp3) is 0.353. The van der Waals surface area contributed by atoms with Crippen LogP contribution in [0.4, 0.5) is 0 Å². The van der Waals surface area contributed by atoms with Crippen molar-refractivity contribution in [2.75, 3.05) is 20.1 Å². The molecule has 6 nitrogen and oxygen atoms in total. The third kappa shape index (κ3) is 6.16. The lowest BCUT2D eigenvalue weighted by atomic mass is 10.2. The number of guanidine groups is 1. The second-order valence-electron chi connectivity index (χ2n) is 5.31. The van der Waals surface area contributed by atoms with E-state index in [-0.39, 0.29) is 5.91 Å². The summed E-state index contributed by atoms with van der Waals surface area (Å²) in [6.07, 6.45) is 2.89. The minimum Gasteiger partial charge on any atom is -0.355 e. The van der Waals surface area contributed by atoms with Crippen molar-refractivity contribution >= 4 is 46.4 Å². The maximum Gasteiger partial charge on any atom is 0.251 e. The molecule has 0 radical (unpaired) electrons. The number of aliphatic imine (C=N–C) groups is 1. The summed E-state index contributed by atoms with van der Waals surface area (Å²) in [4.78, 5) is 21.8. The van der Waals surface area contributed by atoms with Gasteiger partial charge in [0.15, 0.2) is 5.96 Å². The average Bonchev–Trinajstić information content (AvgIpc) is 3.11. The van der Waals surface area contributed by atoms with E-state index in [0.29, 0.717) is 41.2 Å². The maximum absolute atomic E-state index is 12.1. The molecule has 3 N–H and O–H groups in total. The van der Waals surface area contributed by atoms with Gasteiger partial charge in [0.2, 0.25) is 0 Å². The molecule has 1 aromatic carbocycles. The number of hydrogen-bond donors (Lipinski definition) is 3. The monoisotopic (exact) mass is 413 g/mol. The molecule has 1 heterocycles. The normalized spacial score (nSPS) is 11.3. The molecule has 0 bridgehead atoms. The molecule has 140 valence electrons. The summed E-state index contributed by atoms with van der Waals surface area (Å²) in [5.74, 6) is 0.449. The molecular weight excluding hydrogens is 393 g/mol. The molecule has 0 aliphatic rings. The molecule has 0 saturated carbocycles. The Morgan fingerprint density at radius 3 is 2.62 bits per heavy atom. The van der Waals surface area contributed by atoms with E-state index in [0.717, 1.165) is 11.4 Å². The third-order valence-corrected chi connectivity index (χ3v) is 5.35. The number of carbonyl (C=O) groups excluding carboxylic acids is 1. The number of halogens is 2. The van der Waals surface area contributed by atoms with Crippen LogP contribution < -0.4 is 16.0 Å². The molecule has 0 unspecified atom stereocenters. The Morgan fingerprint density at radius 2 is 1.96 bits per heavy atom. The van der Waals surface area contributed by atoms with Gasteiger partial charge in [0, 0.05) is 36.8 Å². The number of amides is 1. The number of nitrogens with zero attached hydrogens (tertiary/aromatic N) is 2. The second-order valence-corrected chi connectivity index (χ2v) is 7.33. The standard InChI is InChI=1S/C17H21Cl2N5OS/c1-3-12-9-23-15(26-12)10-24-17(20-2)22-7-6-21-16(25)11-4-5-13(18)14(19)8-11/h4-5,8-9H,3,6-7,10H2,1-2H3,(H,21,25)(H2,20,22,24). The van der Waals surface area contributed by atoms with Crippen LogP contribution in [0.2, 0.25) is 10.0 Å². The predicted octanol–water partition coefficient (Wildman–Crippen LogP) is 3.11. The van der Waals surface area contributed by atoms with E-state index in [1.54, 1.807) is 36.6 Å². The summed E-state index contributed by atoms with van der Waals surface area (Å²) >= 11 is 13.5. The Balaban J connectivity index is 1.71. The van der Waals surface area contributed by atoms with Gasteiger partial charge in [-0.15, -0.1) is 11.3 Å². The summed E-state index contributed by atoms with van der Waals surface area (Å²) in [5.41, 5.74) is 0.470. The first-order valence-corrected chi connectivity index (χ1v) is 9.72. The van der Waals surface area contributed by atoms with Crippen molar-refractivity contribution in [1.29, 1.82) is 0 Å². The third-order valence-electron chi connectivity index (χ3n) is 3.47. The first-order chi connectivity index (χ1) is 12.5. The van der Waals surface area contributed by atoms with Crippen LogP contribution in [0.1, 0.15) is 27.2 Å². The Labute approximate surface area is 167 Å². The molecular formula is C17H21Cl2N5OS. The number of rotatable bonds is 7. The van der Waals surface area contributed by atoms with E-state index < -0.39 is 0 Å². The number of nitrogens with one attached hydrogen (secondary N) is 3. The molecule has 0 saturated heterocycles. The lowest BCUT2D eigenvalue weighted by Crippen LogP contribution is -2.41. The molecule has 1 amide bonds. The fourth-order valence-corrected chi connectivity index (χ4v) is 3.17.